The standard InChI is InChI=1S/C20H16N4O4S/c1-10-3-4-11-8-13-17(21)18(29-20(13)23-15(11)7-10)19(25)22-14-6-5-12(28-2)9-16(14)24(26)27/h3-9H,21H2,1-2H3,(H,22,25). The van der Waals surface area contributed by atoms with Crippen molar-refractivity contribution in [2.75, 3.05) is 18.2 Å². The van der Waals surface area contributed by atoms with Crippen molar-refractivity contribution in [2.24, 2.45) is 0 Å². The number of methoxy groups -OCH3 is 1. The molecule has 0 aliphatic heterocycles. The summed E-state index contributed by atoms with van der Waals surface area (Å²) in [6.07, 6.45) is 0. The van der Waals surface area contributed by atoms with Crippen molar-refractivity contribution in [3.05, 3.63) is 63.0 Å². The van der Waals surface area contributed by atoms with E-state index in [4.69, 9.17) is 10.5 Å². The Morgan fingerprint density at radius 1 is 1.24 bits per heavy atom. The van der Waals surface area contributed by atoms with Gasteiger partial charge in [-0.05, 0) is 36.8 Å². The van der Waals surface area contributed by atoms with Crippen LogP contribution >= 0.6 is 11.3 Å². The fourth-order valence-corrected chi connectivity index (χ4v) is 4.03. The molecule has 1 amide bonds. The van der Waals surface area contributed by atoms with Crippen molar-refractivity contribution >= 4 is 55.4 Å². The van der Waals surface area contributed by atoms with E-state index in [9.17, 15) is 14.9 Å². The number of anilines is 2. The number of aromatic nitrogens is 1. The summed E-state index contributed by atoms with van der Waals surface area (Å²) >= 11 is 1.15. The van der Waals surface area contributed by atoms with Crippen LogP contribution in [0.25, 0.3) is 21.1 Å². The maximum atomic E-state index is 12.8. The number of nitrogen functional groups attached to an aromatic ring is 1. The molecule has 0 spiro atoms. The summed E-state index contributed by atoms with van der Waals surface area (Å²) in [5.74, 6) is -0.207. The van der Waals surface area contributed by atoms with E-state index in [0.717, 1.165) is 27.8 Å². The van der Waals surface area contributed by atoms with Crippen LogP contribution in [0.4, 0.5) is 17.1 Å². The third kappa shape index (κ3) is 3.32. The van der Waals surface area contributed by atoms with Crippen LogP contribution in [0.1, 0.15) is 15.2 Å². The van der Waals surface area contributed by atoms with E-state index in [1.54, 1.807) is 0 Å². The van der Waals surface area contributed by atoms with Gasteiger partial charge in [0, 0.05) is 10.8 Å². The number of nitro benzene ring substituents is 1. The number of nitrogens with one attached hydrogen (secondary N) is 1. The molecular formula is C20H16N4O4S. The van der Waals surface area contributed by atoms with Gasteiger partial charge in [-0.15, -0.1) is 11.3 Å². The average molecular weight is 408 g/mol. The Morgan fingerprint density at radius 3 is 2.76 bits per heavy atom. The number of hydrogen-bond donors (Lipinski definition) is 2. The van der Waals surface area contributed by atoms with E-state index in [-0.39, 0.29) is 16.3 Å². The molecular weight excluding hydrogens is 392 g/mol. The number of nitrogens with two attached hydrogens (primary N) is 1. The van der Waals surface area contributed by atoms with Gasteiger partial charge in [0.05, 0.1) is 29.3 Å². The fourth-order valence-electron chi connectivity index (χ4n) is 3.05. The number of rotatable bonds is 4. The first-order valence-corrected chi connectivity index (χ1v) is 9.42. The number of thiophene rings is 1. The summed E-state index contributed by atoms with van der Waals surface area (Å²) in [6, 6.07) is 12.0. The SMILES string of the molecule is COc1ccc(NC(=O)c2sc3nc4cc(C)ccc4cc3c2N)c([N+](=O)[O-])c1. The molecule has 0 saturated carbocycles. The topological polar surface area (TPSA) is 120 Å². The van der Waals surface area contributed by atoms with E-state index in [0.29, 0.717) is 21.7 Å². The number of nitro groups is 1. The lowest BCUT2D eigenvalue weighted by Crippen LogP contribution is -2.13. The van der Waals surface area contributed by atoms with Gasteiger partial charge in [-0.25, -0.2) is 4.98 Å². The number of carbonyl (C=O) groups is 1. The predicted octanol–water partition coefficient (Wildman–Crippen LogP) is 4.51. The minimum absolute atomic E-state index is 0.0615. The molecule has 0 saturated heterocycles. The maximum absolute atomic E-state index is 12.8. The Hall–Kier alpha value is -3.72. The van der Waals surface area contributed by atoms with Crippen LogP contribution in [0.3, 0.4) is 0 Å². The highest BCUT2D eigenvalue weighted by atomic mass is 32.1. The van der Waals surface area contributed by atoms with E-state index < -0.39 is 10.8 Å². The minimum Gasteiger partial charge on any atom is -0.496 e. The van der Waals surface area contributed by atoms with Crippen molar-refractivity contribution in [1.82, 2.24) is 4.98 Å². The molecule has 0 aliphatic carbocycles. The van der Waals surface area contributed by atoms with Gasteiger partial charge in [-0.1, -0.05) is 12.1 Å². The zero-order chi connectivity index (χ0) is 20.7. The van der Waals surface area contributed by atoms with Gasteiger partial charge in [0.25, 0.3) is 11.6 Å². The van der Waals surface area contributed by atoms with E-state index >= 15 is 0 Å². The Kier molecular flexibility index (Phi) is 4.51. The summed E-state index contributed by atoms with van der Waals surface area (Å²) in [5.41, 5.74) is 8.21. The zero-order valence-corrected chi connectivity index (χ0v) is 16.4. The quantitative estimate of drug-likeness (QED) is 0.379. The molecule has 9 heteroatoms. The monoisotopic (exact) mass is 408 g/mol. The van der Waals surface area contributed by atoms with Crippen LogP contribution in [0.2, 0.25) is 0 Å². The zero-order valence-electron chi connectivity index (χ0n) is 15.6. The number of fused-ring (bicyclic) bond motifs is 2. The number of carbonyl (C=O) groups excluding carboxylic acids is 1. The molecule has 29 heavy (non-hydrogen) atoms. The first-order chi connectivity index (χ1) is 13.9. The second-order valence-electron chi connectivity index (χ2n) is 6.48. The van der Waals surface area contributed by atoms with Crippen molar-refractivity contribution in [1.29, 1.82) is 0 Å². The number of hydrogen-bond acceptors (Lipinski definition) is 7. The van der Waals surface area contributed by atoms with Crippen LogP contribution in [0, 0.1) is 17.0 Å². The van der Waals surface area contributed by atoms with Gasteiger partial charge >= 0.3 is 0 Å². The number of ether oxygens (including phenoxy) is 1. The highest BCUT2D eigenvalue weighted by Crippen LogP contribution is 2.36. The van der Waals surface area contributed by atoms with E-state index in [1.807, 2.05) is 31.2 Å². The van der Waals surface area contributed by atoms with Gasteiger partial charge in [-0.2, -0.15) is 0 Å². The summed E-state index contributed by atoms with van der Waals surface area (Å²) < 4.78 is 5.01. The Bertz CT molecular complexity index is 1300. The number of benzene rings is 2. The number of aryl methyl sites for hydroxylation is 1. The number of nitrogens with zero attached hydrogens (tertiary/aromatic N) is 2. The maximum Gasteiger partial charge on any atom is 0.296 e. The molecule has 2 heterocycles. The molecule has 4 aromatic rings. The van der Waals surface area contributed by atoms with Crippen LogP contribution in [-0.2, 0) is 0 Å². The van der Waals surface area contributed by atoms with E-state index in [1.165, 1.54) is 25.3 Å². The minimum atomic E-state index is -0.580. The molecule has 2 aromatic carbocycles. The molecule has 2 aromatic heterocycles. The summed E-state index contributed by atoms with van der Waals surface area (Å²) in [5, 5.41) is 15.5. The van der Waals surface area contributed by atoms with Crippen molar-refractivity contribution in [3.63, 3.8) is 0 Å². The highest BCUT2D eigenvalue weighted by molar-refractivity contribution is 7.21. The number of amides is 1. The lowest BCUT2D eigenvalue weighted by molar-refractivity contribution is -0.384. The third-order valence-corrected chi connectivity index (χ3v) is 5.64. The van der Waals surface area contributed by atoms with Crippen molar-refractivity contribution in [3.8, 4) is 5.75 Å². The van der Waals surface area contributed by atoms with Gasteiger partial charge in [0.2, 0.25) is 0 Å². The molecule has 3 N–H and O–H groups in total. The van der Waals surface area contributed by atoms with Gasteiger partial charge in [0.15, 0.2) is 0 Å². The molecule has 0 aliphatic rings. The van der Waals surface area contributed by atoms with Gasteiger partial charge < -0.3 is 15.8 Å². The van der Waals surface area contributed by atoms with Gasteiger partial charge in [0.1, 0.15) is 21.1 Å². The second-order valence-corrected chi connectivity index (χ2v) is 7.48. The fraction of sp³-hybridized carbons (Fsp3) is 0.100. The molecule has 146 valence electrons. The third-order valence-electron chi connectivity index (χ3n) is 4.53. The molecule has 0 atom stereocenters. The van der Waals surface area contributed by atoms with Crippen molar-refractivity contribution < 1.29 is 14.5 Å². The first kappa shape index (κ1) is 18.6. The first-order valence-electron chi connectivity index (χ1n) is 8.60. The summed E-state index contributed by atoms with van der Waals surface area (Å²) in [7, 11) is 1.41. The molecule has 0 fully saturated rings. The highest BCUT2D eigenvalue weighted by Gasteiger charge is 2.22. The Morgan fingerprint density at radius 2 is 2.03 bits per heavy atom. The summed E-state index contributed by atoms with van der Waals surface area (Å²) in [6.45, 7) is 1.98. The average Bonchev–Trinajstić information content (AvgIpc) is 3.02. The Balaban J connectivity index is 1.75. The normalized spacial score (nSPS) is 11.0. The number of pyridine rings is 1. The van der Waals surface area contributed by atoms with E-state index in [2.05, 4.69) is 10.3 Å². The lowest BCUT2D eigenvalue weighted by atomic mass is 10.1. The summed E-state index contributed by atoms with van der Waals surface area (Å²) in [4.78, 5) is 29.1. The van der Waals surface area contributed by atoms with Crippen LogP contribution in [-0.4, -0.2) is 22.9 Å². The molecule has 0 unspecified atom stereocenters. The van der Waals surface area contributed by atoms with Gasteiger partial charge in [-0.3, -0.25) is 14.9 Å². The smallest absolute Gasteiger partial charge is 0.296 e. The van der Waals surface area contributed by atoms with Crippen molar-refractivity contribution in [2.45, 2.75) is 6.92 Å². The molecule has 0 radical (unpaired) electrons. The van der Waals surface area contributed by atoms with Crippen LogP contribution < -0.4 is 15.8 Å². The predicted molar refractivity (Wildman–Crippen MR) is 114 cm³/mol. The van der Waals surface area contributed by atoms with Crippen LogP contribution in [0.15, 0.2) is 42.5 Å². The molecule has 0 bridgehead atoms. The molecule has 4 rings (SSSR count). The Labute approximate surface area is 169 Å². The second kappa shape index (κ2) is 7.02. The lowest BCUT2D eigenvalue weighted by Gasteiger charge is -2.07. The van der Waals surface area contributed by atoms with Crippen LogP contribution in [0.5, 0.6) is 5.75 Å². The molecule has 8 nitrogen and oxygen atoms in total. The largest absolute Gasteiger partial charge is 0.496 e.